The third-order valence-electron chi connectivity index (χ3n) is 4.07. The summed E-state index contributed by atoms with van der Waals surface area (Å²) < 4.78 is 6.34. The number of esters is 1. The van der Waals surface area contributed by atoms with Crippen molar-refractivity contribution in [3.05, 3.63) is 34.3 Å². The van der Waals surface area contributed by atoms with Crippen LogP contribution in [-0.4, -0.2) is 23.0 Å². The molecule has 1 saturated heterocycles. The first-order valence-corrected chi connectivity index (χ1v) is 8.37. The van der Waals surface area contributed by atoms with Gasteiger partial charge in [0.25, 0.3) is 0 Å². The van der Waals surface area contributed by atoms with Gasteiger partial charge in [-0.05, 0) is 49.8 Å². The number of Topliss-reactive ketones (excluding diaryl/α,β-unsaturated/α-hetero) is 1. The standard InChI is InChI=1S/C17H21BrO4/c1-11(19)2-3-12-4-9-16(20)22-15(10-12)17(21)13-5-7-14(18)8-6-13/h5-8,12,15,17,21H,2-4,9-10H2,1H3/t12-,15+,17+/m0/s1. The highest BCUT2D eigenvalue weighted by atomic mass is 79.9. The summed E-state index contributed by atoms with van der Waals surface area (Å²) in [6, 6.07) is 7.34. The normalized spacial score (nSPS) is 23.5. The van der Waals surface area contributed by atoms with Crippen LogP contribution in [0.15, 0.2) is 28.7 Å². The molecule has 1 aromatic carbocycles. The molecule has 0 aromatic heterocycles. The summed E-state index contributed by atoms with van der Waals surface area (Å²) in [5, 5.41) is 10.5. The van der Waals surface area contributed by atoms with E-state index in [4.69, 9.17) is 4.74 Å². The lowest BCUT2D eigenvalue weighted by Gasteiger charge is -2.24. The molecule has 1 N–H and O–H groups in total. The smallest absolute Gasteiger partial charge is 0.306 e. The van der Waals surface area contributed by atoms with Crippen LogP contribution in [0.5, 0.6) is 0 Å². The lowest BCUT2D eigenvalue weighted by Crippen LogP contribution is -2.25. The van der Waals surface area contributed by atoms with Crippen LogP contribution in [0.4, 0.5) is 0 Å². The average molecular weight is 369 g/mol. The number of rotatable bonds is 5. The molecule has 0 spiro atoms. The van der Waals surface area contributed by atoms with Crippen LogP contribution in [0, 0.1) is 5.92 Å². The number of cyclic esters (lactones) is 1. The molecule has 0 amide bonds. The molecular weight excluding hydrogens is 348 g/mol. The van der Waals surface area contributed by atoms with E-state index in [0.29, 0.717) is 19.3 Å². The molecule has 1 aliphatic rings. The second-order valence-electron chi connectivity index (χ2n) is 5.91. The molecule has 3 atom stereocenters. The minimum Gasteiger partial charge on any atom is -0.459 e. The maximum absolute atomic E-state index is 11.8. The Balaban J connectivity index is 2.07. The fourth-order valence-corrected chi connectivity index (χ4v) is 3.05. The minimum atomic E-state index is -0.838. The first kappa shape index (κ1) is 17.2. The van der Waals surface area contributed by atoms with Crippen molar-refractivity contribution in [2.45, 2.75) is 51.2 Å². The Kier molecular flexibility index (Phi) is 6.15. The number of ether oxygens (including phenoxy) is 1. The molecule has 1 aromatic rings. The van der Waals surface area contributed by atoms with E-state index in [0.717, 1.165) is 22.9 Å². The van der Waals surface area contributed by atoms with Gasteiger partial charge in [-0.25, -0.2) is 0 Å². The number of ketones is 1. The van der Waals surface area contributed by atoms with Crippen molar-refractivity contribution < 1.29 is 19.4 Å². The highest BCUT2D eigenvalue weighted by Gasteiger charge is 2.31. The zero-order valence-electron chi connectivity index (χ0n) is 12.6. The molecule has 0 aliphatic carbocycles. The molecule has 1 fully saturated rings. The summed E-state index contributed by atoms with van der Waals surface area (Å²) in [5.41, 5.74) is 0.730. The third-order valence-corrected chi connectivity index (χ3v) is 4.60. The van der Waals surface area contributed by atoms with Crippen LogP contribution in [0.1, 0.15) is 50.7 Å². The lowest BCUT2D eigenvalue weighted by molar-refractivity contribution is -0.154. The van der Waals surface area contributed by atoms with E-state index in [9.17, 15) is 14.7 Å². The van der Waals surface area contributed by atoms with E-state index in [1.54, 1.807) is 6.92 Å². The van der Waals surface area contributed by atoms with Crippen molar-refractivity contribution in [1.29, 1.82) is 0 Å². The van der Waals surface area contributed by atoms with E-state index in [-0.39, 0.29) is 17.7 Å². The number of benzene rings is 1. The molecule has 0 saturated carbocycles. The van der Waals surface area contributed by atoms with Crippen LogP contribution in [0.3, 0.4) is 0 Å². The third kappa shape index (κ3) is 4.92. The Morgan fingerprint density at radius 1 is 1.41 bits per heavy atom. The molecule has 120 valence electrons. The van der Waals surface area contributed by atoms with Crippen molar-refractivity contribution in [3.63, 3.8) is 0 Å². The Labute approximate surface area is 139 Å². The fourth-order valence-electron chi connectivity index (χ4n) is 2.78. The van der Waals surface area contributed by atoms with Gasteiger partial charge in [0.1, 0.15) is 18.0 Å². The summed E-state index contributed by atoms with van der Waals surface area (Å²) in [6.45, 7) is 1.58. The predicted molar refractivity (Wildman–Crippen MR) is 86.2 cm³/mol. The maximum Gasteiger partial charge on any atom is 0.306 e. The molecule has 1 heterocycles. The van der Waals surface area contributed by atoms with E-state index in [1.807, 2.05) is 24.3 Å². The molecule has 5 heteroatoms. The van der Waals surface area contributed by atoms with E-state index in [2.05, 4.69) is 15.9 Å². The predicted octanol–water partition coefficient (Wildman–Crippen LogP) is 3.56. The van der Waals surface area contributed by atoms with Gasteiger partial charge in [-0.1, -0.05) is 28.1 Å². The van der Waals surface area contributed by atoms with E-state index >= 15 is 0 Å². The second kappa shape index (κ2) is 7.88. The lowest BCUT2D eigenvalue weighted by atomic mass is 9.89. The number of carbonyl (C=O) groups excluding carboxylic acids is 2. The summed E-state index contributed by atoms with van der Waals surface area (Å²) in [7, 11) is 0. The first-order chi connectivity index (χ1) is 10.5. The SMILES string of the molecule is CC(=O)CC[C@H]1CCC(=O)O[C@@H]([C@H](O)c2ccc(Br)cc2)C1. The Hall–Kier alpha value is -1.20. The van der Waals surface area contributed by atoms with Crippen molar-refractivity contribution in [3.8, 4) is 0 Å². The van der Waals surface area contributed by atoms with Gasteiger partial charge in [0.05, 0.1) is 0 Å². The van der Waals surface area contributed by atoms with E-state index < -0.39 is 12.2 Å². The number of halogens is 1. The van der Waals surface area contributed by atoms with Gasteiger partial charge >= 0.3 is 5.97 Å². The van der Waals surface area contributed by atoms with Crippen molar-refractivity contribution in [1.82, 2.24) is 0 Å². The summed E-state index contributed by atoms with van der Waals surface area (Å²) in [5.74, 6) is 0.110. The van der Waals surface area contributed by atoms with Crippen molar-refractivity contribution in [2.75, 3.05) is 0 Å². The number of aliphatic hydroxyl groups excluding tert-OH is 1. The van der Waals surface area contributed by atoms with Crippen LogP contribution >= 0.6 is 15.9 Å². The Morgan fingerprint density at radius 2 is 2.09 bits per heavy atom. The Morgan fingerprint density at radius 3 is 2.73 bits per heavy atom. The quantitative estimate of drug-likeness (QED) is 0.806. The molecule has 0 radical (unpaired) electrons. The van der Waals surface area contributed by atoms with E-state index in [1.165, 1.54) is 0 Å². The topological polar surface area (TPSA) is 63.6 Å². The van der Waals surface area contributed by atoms with Gasteiger partial charge in [-0.3, -0.25) is 4.79 Å². The highest BCUT2D eigenvalue weighted by Crippen LogP contribution is 2.32. The summed E-state index contributed by atoms with van der Waals surface area (Å²) in [4.78, 5) is 22.9. The minimum absolute atomic E-state index is 0.154. The monoisotopic (exact) mass is 368 g/mol. The number of hydrogen-bond donors (Lipinski definition) is 1. The zero-order chi connectivity index (χ0) is 16.1. The molecule has 0 unspecified atom stereocenters. The fraction of sp³-hybridized carbons (Fsp3) is 0.529. The van der Waals surface area contributed by atoms with Crippen molar-refractivity contribution in [2.24, 2.45) is 5.92 Å². The number of carbonyl (C=O) groups is 2. The van der Waals surface area contributed by atoms with Gasteiger partial charge in [0.2, 0.25) is 0 Å². The maximum atomic E-state index is 11.8. The van der Waals surface area contributed by atoms with Crippen LogP contribution < -0.4 is 0 Å². The molecule has 1 aliphatic heterocycles. The molecular formula is C17H21BrO4. The van der Waals surface area contributed by atoms with Gasteiger partial charge in [0.15, 0.2) is 0 Å². The summed E-state index contributed by atoms with van der Waals surface area (Å²) >= 11 is 3.36. The van der Waals surface area contributed by atoms with Gasteiger partial charge in [0, 0.05) is 17.3 Å². The van der Waals surface area contributed by atoms with Crippen molar-refractivity contribution >= 4 is 27.7 Å². The first-order valence-electron chi connectivity index (χ1n) is 7.58. The Bertz CT molecular complexity index is 526. The zero-order valence-corrected chi connectivity index (χ0v) is 14.2. The highest BCUT2D eigenvalue weighted by molar-refractivity contribution is 9.10. The molecule has 22 heavy (non-hydrogen) atoms. The molecule has 2 rings (SSSR count). The van der Waals surface area contributed by atoms with Gasteiger partial charge in [-0.2, -0.15) is 0 Å². The molecule has 0 bridgehead atoms. The number of hydrogen-bond acceptors (Lipinski definition) is 4. The van der Waals surface area contributed by atoms with Crippen LogP contribution in [-0.2, 0) is 14.3 Å². The largest absolute Gasteiger partial charge is 0.459 e. The second-order valence-corrected chi connectivity index (χ2v) is 6.82. The van der Waals surface area contributed by atoms with Crippen LogP contribution in [0.2, 0.25) is 0 Å². The van der Waals surface area contributed by atoms with Gasteiger partial charge in [-0.15, -0.1) is 0 Å². The molecule has 4 nitrogen and oxygen atoms in total. The van der Waals surface area contributed by atoms with Crippen LogP contribution in [0.25, 0.3) is 0 Å². The van der Waals surface area contributed by atoms with Gasteiger partial charge < -0.3 is 14.6 Å². The summed E-state index contributed by atoms with van der Waals surface area (Å²) in [6.07, 6.45) is 1.54. The average Bonchev–Trinajstić information content (AvgIpc) is 2.67. The number of aliphatic hydroxyl groups is 1.